The van der Waals surface area contributed by atoms with Crippen molar-refractivity contribution >= 4 is 46.3 Å². The zero-order chi connectivity index (χ0) is 10.1. The van der Waals surface area contributed by atoms with Gasteiger partial charge in [0.2, 0.25) is 0 Å². The number of aromatic hydroxyl groups is 1. The average molecular weight is 212 g/mol. The minimum absolute atomic E-state index is 0. The molecular formula is C11H9NaO3. The summed E-state index contributed by atoms with van der Waals surface area (Å²) in [4.78, 5) is 10.7. The zero-order valence-corrected chi connectivity index (χ0v) is 7.27. The number of benzene rings is 2. The van der Waals surface area contributed by atoms with Crippen molar-refractivity contribution in [1.29, 1.82) is 0 Å². The average Bonchev–Trinajstić information content (AvgIpc) is 2.16. The summed E-state index contributed by atoms with van der Waals surface area (Å²) in [5.74, 6) is -1.32. The van der Waals surface area contributed by atoms with Gasteiger partial charge in [-0.25, -0.2) is 4.79 Å². The number of fused-ring (bicyclic) bond motifs is 1. The van der Waals surface area contributed by atoms with E-state index >= 15 is 0 Å². The Bertz CT molecular complexity index is 508. The summed E-state index contributed by atoms with van der Waals surface area (Å²) in [7, 11) is 0. The SMILES string of the molecule is O=C(O)c1cc2ccccc2cc1O.[NaH]. The number of carbonyl (C=O) groups is 1. The van der Waals surface area contributed by atoms with Gasteiger partial charge in [0, 0.05) is 0 Å². The fourth-order valence-electron chi connectivity index (χ4n) is 1.40. The Balaban J connectivity index is 0.00000112. The Labute approximate surface area is 109 Å². The standard InChI is InChI=1S/C11H8O3.Na.H/c12-10-6-8-4-2-1-3-7(8)5-9(10)11(13)14;;/h1-6,12H,(H,13,14);;. The molecule has 15 heavy (non-hydrogen) atoms. The van der Waals surface area contributed by atoms with Crippen molar-refractivity contribution in [2.24, 2.45) is 0 Å². The number of phenols is 1. The first-order chi connectivity index (χ1) is 6.68. The molecule has 0 fully saturated rings. The van der Waals surface area contributed by atoms with Gasteiger partial charge in [-0.3, -0.25) is 0 Å². The molecule has 2 rings (SSSR count). The summed E-state index contributed by atoms with van der Waals surface area (Å²) in [6, 6.07) is 10.2. The number of carboxylic acid groups (broad SMARTS) is 1. The van der Waals surface area contributed by atoms with E-state index < -0.39 is 5.97 Å². The van der Waals surface area contributed by atoms with Crippen LogP contribution in [0.1, 0.15) is 10.4 Å². The normalized spacial score (nSPS) is 9.60. The van der Waals surface area contributed by atoms with Gasteiger partial charge in [-0.2, -0.15) is 0 Å². The van der Waals surface area contributed by atoms with Crippen molar-refractivity contribution in [3.8, 4) is 5.75 Å². The molecule has 0 aliphatic rings. The van der Waals surface area contributed by atoms with Gasteiger partial charge in [0.1, 0.15) is 11.3 Å². The molecule has 72 valence electrons. The monoisotopic (exact) mass is 212 g/mol. The van der Waals surface area contributed by atoms with Crippen molar-refractivity contribution in [2.75, 3.05) is 0 Å². The van der Waals surface area contributed by atoms with Crippen molar-refractivity contribution in [3.05, 3.63) is 42.0 Å². The second-order valence-corrected chi connectivity index (χ2v) is 3.02. The third-order valence-electron chi connectivity index (χ3n) is 2.09. The number of hydrogen-bond donors (Lipinski definition) is 2. The molecule has 0 saturated carbocycles. The predicted molar refractivity (Wildman–Crippen MR) is 59.7 cm³/mol. The van der Waals surface area contributed by atoms with Gasteiger partial charge in [0.15, 0.2) is 0 Å². The molecule has 2 N–H and O–H groups in total. The van der Waals surface area contributed by atoms with Crippen LogP contribution in [0.4, 0.5) is 0 Å². The van der Waals surface area contributed by atoms with E-state index in [1.165, 1.54) is 12.1 Å². The van der Waals surface area contributed by atoms with Crippen LogP contribution in [0.25, 0.3) is 10.8 Å². The summed E-state index contributed by atoms with van der Waals surface area (Å²) in [5, 5.41) is 19.8. The van der Waals surface area contributed by atoms with E-state index in [4.69, 9.17) is 5.11 Å². The molecule has 0 aliphatic carbocycles. The summed E-state index contributed by atoms with van der Waals surface area (Å²) in [6.07, 6.45) is 0. The van der Waals surface area contributed by atoms with Crippen LogP contribution in [0, 0.1) is 0 Å². The van der Waals surface area contributed by atoms with Crippen molar-refractivity contribution in [2.45, 2.75) is 0 Å². The van der Waals surface area contributed by atoms with Gasteiger partial charge in [-0.1, -0.05) is 24.3 Å². The van der Waals surface area contributed by atoms with E-state index in [2.05, 4.69) is 0 Å². The van der Waals surface area contributed by atoms with Crippen molar-refractivity contribution < 1.29 is 15.0 Å². The quantitative estimate of drug-likeness (QED) is 0.706. The van der Waals surface area contributed by atoms with Crippen molar-refractivity contribution in [1.82, 2.24) is 0 Å². The van der Waals surface area contributed by atoms with E-state index in [1.807, 2.05) is 18.2 Å². The number of rotatable bonds is 1. The van der Waals surface area contributed by atoms with Crippen LogP contribution in [0.5, 0.6) is 5.75 Å². The molecule has 0 aliphatic heterocycles. The summed E-state index contributed by atoms with van der Waals surface area (Å²) in [5.41, 5.74) is -0.0660. The van der Waals surface area contributed by atoms with Gasteiger partial charge in [-0.05, 0) is 22.9 Å². The van der Waals surface area contributed by atoms with Crippen LogP contribution in [-0.4, -0.2) is 45.7 Å². The first-order valence-electron chi connectivity index (χ1n) is 4.13. The van der Waals surface area contributed by atoms with Crippen LogP contribution in [-0.2, 0) is 0 Å². The number of aromatic carboxylic acids is 1. The molecule has 2 aromatic carbocycles. The Morgan fingerprint density at radius 3 is 2.13 bits per heavy atom. The Morgan fingerprint density at radius 1 is 1.07 bits per heavy atom. The fraction of sp³-hybridized carbons (Fsp3) is 0. The van der Waals surface area contributed by atoms with Crippen LogP contribution < -0.4 is 0 Å². The molecule has 4 heteroatoms. The Hall–Kier alpha value is -1.03. The van der Waals surface area contributed by atoms with Crippen LogP contribution in [0.2, 0.25) is 0 Å². The maximum absolute atomic E-state index is 10.7. The van der Waals surface area contributed by atoms with Gasteiger partial charge in [-0.15, -0.1) is 0 Å². The topological polar surface area (TPSA) is 57.5 Å². The first-order valence-corrected chi connectivity index (χ1v) is 4.13. The molecule has 0 unspecified atom stereocenters. The Kier molecular flexibility index (Phi) is 3.74. The van der Waals surface area contributed by atoms with Crippen LogP contribution >= 0.6 is 0 Å². The number of carboxylic acids is 1. The van der Waals surface area contributed by atoms with E-state index in [-0.39, 0.29) is 40.9 Å². The van der Waals surface area contributed by atoms with E-state index in [0.29, 0.717) is 0 Å². The molecule has 0 amide bonds. The zero-order valence-electron chi connectivity index (χ0n) is 7.27. The summed E-state index contributed by atoms with van der Waals surface area (Å²) < 4.78 is 0. The molecule has 2 aromatic rings. The molecule has 3 nitrogen and oxygen atoms in total. The minimum atomic E-state index is -1.12. The van der Waals surface area contributed by atoms with Gasteiger partial charge in [0.25, 0.3) is 0 Å². The van der Waals surface area contributed by atoms with E-state index in [0.717, 1.165) is 10.8 Å². The second kappa shape index (κ2) is 4.66. The second-order valence-electron chi connectivity index (χ2n) is 3.02. The van der Waals surface area contributed by atoms with Gasteiger partial charge in [0.05, 0.1) is 0 Å². The third-order valence-corrected chi connectivity index (χ3v) is 2.09. The van der Waals surface area contributed by atoms with Gasteiger partial charge < -0.3 is 10.2 Å². The predicted octanol–water partition coefficient (Wildman–Crippen LogP) is 1.60. The molecule has 0 saturated heterocycles. The van der Waals surface area contributed by atoms with Crippen molar-refractivity contribution in [3.63, 3.8) is 0 Å². The number of hydrogen-bond acceptors (Lipinski definition) is 2. The van der Waals surface area contributed by atoms with Crippen LogP contribution in [0.3, 0.4) is 0 Å². The third kappa shape index (κ3) is 2.31. The molecule has 0 atom stereocenters. The molecule has 0 spiro atoms. The van der Waals surface area contributed by atoms with Gasteiger partial charge >= 0.3 is 35.5 Å². The summed E-state index contributed by atoms with van der Waals surface area (Å²) >= 11 is 0. The molecular weight excluding hydrogens is 203 g/mol. The maximum atomic E-state index is 10.7. The Morgan fingerprint density at radius 2 is 1.60 bits per heavy atom. The van der Waals surface area contributed by atoms with Crippen LogP contribution in [0.15, 0.2) is 36.4 Å². The molecule has 0 heterocycles. The fourth-order valence-corrected chi connectivity index (χ4v) is 1.40. The summed E-state index contributed by atoms with van der Waals surface area (Å²) in [6.45, 7) is 0. The molecule has 0 aromatic heterocycles. The van der Waals surface area contributed by atoms with E-state index in [1.54, 1.807) is 6.07 Å². The first kappa shape index (κ1) is 12.0. The molecule has 0 radical (unpaired) electrons. The molecule has 0 bridgehead atoms. The van der Waals surface area contributed by atoms with E-state index in [9.17, 15) is 9.90 Å².